The van der Waals surface area contributed by atoms with Crippen molar-refractivity contribution in [1.82, 2.24) is 4.57 Å². The average Bonchev–Trinajstić information content (AvgIpc) is 3.75. The van der Waals surface area contributed by atoms with Gasteiger partial charge in [0.05, 0.1) is 11.0 Å². The molecule has 0 amide bonds. The molecule has 0 saturated heterocycles. The molecule has 5 nitrogen and oxygen atoms in total. The van der Waals surface area contributed by atoms with Crippen LogP contribution < -0.4 is 19.6 Å². The summed E-state index contributed by atoms with van der Waals surface area (Å²) in [5.74, 6) is 0. The van der Waals surface area contributed by atoms with Crippen molar-refractivity contribution in [2.45, 2.75) is 77.0 Å². The van der Waals surface area contributed by atoms with E-state index in [4.69, 9.17) is 0 Å². The van der Waals surface area contributed by atoms with Gasteiger partial charge in [0, 0.05) is 89.9 Å². The van der Waals surface area contributed by atoms with Gasteiger partial charge in [-0.2, -0.15) is 0 Å². The van der Waals surface area contributed by atoms with Crippen LogP contribution in [0.2, 0.25) is 0 Å². The summed E-state index contributed by atoms with van der Waals surface area (Å²) < 4.78 is 2.47. The van der Waals surface area contributed by atoms with E-state index in [-0.39, 0.29) is 0 Å². The number of hydrogen-bond donors (Lipinski definition) is 0. The van der Waals surface area contributed by atoms with Crippen LogP contribution in [0.3, 0.4) is 0 Å². The molecule has 8 aromatic carbocycles. The number of fused-ring (bicyclic) bond motifs is 3. The summed E-state index contributed by atoms with van der Waals surface area (Å²) in [4.78, 5) is 10.4. The molecule has 6 aliphatic rings. The zero-order valence-electron chi connectivity index (χ0n) is 40.9. The number of rotatable bonds is 7. The van der Waals surface area contributed by atoms with Gasteiger partial charge in [-0.15, -0.1) is 0 Å². The number of para-hydroxylation sites is 1. The molecule has 0 spiro atoms. The minimum absolute atomic E-state index is 1.16. The van der Waals surface area contributed by atoms with E-state index in [1.807, 2.05) is 0 Å². The Morgan fingerprint density at radius 2 is 0.648 bits per heavy atom. The maximum atomic E-state index is 2.65. The number of aromatic nitrogens is 1. The second-order valence-electron chi connectivity index (χ2n) is 21.5. The van der Waals surface area contributed by atoms with Crippen LogP contribution >= 0.6 is 0 Å². The molecule has 1 aromatic heterocycles. The van der Waals surface area contributed by atoms with Crippen molar-refractivity contribution in [3.8, 4) is 39.1 Å². The van der Waals surface area contributed by atoms with Gasteiger partial charge in [-0.05, 0) is 241 Å². The van der Waals surface area contributed by atoms with Gasteiger partial charge in [0.1, 0.15) is 0 Å². The summed E-state index contributed by atoms with van der Waals surface area (Å²) in [6.45, 7) is 7.22. The van der Waals surface area contributed by atoms with Gasteiger partial charge in [0.25, 0.3) is 0 Å². The first-order valence-electron chi connectivity index (χ1n) is 27.0. The minimum Gasteiger partial charge on any atom is -0.371 e. The topological polar surface area (TPSA) is 17.9 Å². The van der Waals surface area contributed by atoms with Crippen LogP contribution in [0.1, 0.15) is 71.9 Å². The number of benzene rings is 8. The van der Waals surface area contributed by atoms with Crippen molar-refractivity contribution < 1.29 is 0 Å². The van der Waals surface area contributed by atoms with E-state index in [1.54, 1.807) is 0 Å². The fraction of sp³-hybridized carbons (Fsp3) is 0.273. The standard InChI is InChI=1S/C66H61N5/c1-2-16-62-60(15-1)61-43-59(29-30-63(61)71(62)58-27-21-46(22-28-58)55-41-51-13-7-35-69-36-8-14-52(42-55)66(51)69)70(56-23-17-44(18-24-56)53-37-47-9-3-31-67-32-4-10-48(38-53)64(47)67)57-25-19-45(20-26-57)54-39-49-11-5-33-68-34-6-12-50(40-54)65(49)68/h1-2,15-30,37-43H,3-14,31-36H2. The van der Waals surface area contributed by atoms with Gasteiger partial charge in [0.2, 0.25) is 0 Å². The number of hydrogen-bond acceptors (Lipinski definition) is 4. The highest BCUT2D eigenvalue weighted by atomic mass is 15.2. The van der Waals surface area contributed by atoms with Crippen molar-refractivity contribution in [1.29, 1.82) is 0 Å². The first kappa shape index (κ1) is 41.5. The molecule has 0 bridgehead atoms. The second kappa shape index (κ2) is 16.7. The van der Waals surface area contributed by atoms with Crippen molar-refractivity contribution in [2.24, 2.45) is 0 Å². The Morgan fingerprint density at radius 1 is 0.296 bits per heavy atom. The van der Waals surface area contributed by atoms with Crippen LogP contribution in [0.5, 0.6) is 0 Å². The van der Waals surface area contributed by atoms with Crippen LogP contribution in [-0.2, 0) is 38.5 Å². The molecule has 9 aromatic rings. The van der Waals surface area contributed by atoms with Gasteiger partial charge in [-0.1, -0.05) is 54.6 Å². The predicted octanol–water partition coefficient (Wildman–Crippen LogP) is 15.4. The molecule has 0 radical (unpaired) electrons. The molecule has 0 unspecified atom stereocenters. The molecule has 6 aliphatic heterocycles. The molecule has 71 heavy (non-hydrogen) atoms. The molecule has 7 heterocycles. The molecular weight excluding hydrogens is 863 g/mol. The summed E-state index contributed by atoms with van der Waals surface area (Å²) in [7, 11) is 0. The fourth-order valence-corrected chi connectivity index (χ4v) is 14.1. The zero-order valence-corrected chi connectivity index (χ0v) is 40.9. The predicted molar refractivity (Wildman–Crippen MR) is 298 cm³/mol. The summed E-state index contributed by atoms with van der Waals surface area (Å²) in [5, 5.41) is 2.52. The van der Waals surface area contributed by atoms with E-state index in [2.05, 4.69) is 176 Å². The first-order chi connectivity index (χ1) is 35.1. The Labute approximate surface area is 418 Å². The van der Waals surface area contributed by atoms with Crippen LogP contribution in [0, 0.1) is 0 Å². The lowest BCUT2D eigenvalue weighted by atomic mass is 9.88. The van der Waals surface area contributed by atoms with Crippen LogP contribution in [0.4, 0.5) is 34.1 Å². The number of nitrogens with zero attached hydrogens (tertiary/aromatic N) is 5. The van der Waals surface area contributed by atoms with Gasteiger partial charge < -0.3 is 24.2 Å². The number of anilines is 6. The van der Waals surface area contributed by atoms with Crippen molar-refractivity contribution in [3.63, 3.8) is 0 Å². The molecule has 5 heteroatoms. The summed E-state index contributed by atoms with van der Waals surface area (Å²) in [5.41, 5.74) is 28.9. The lowest BCUT2D eigenvalue weighted by Crippen LogP contribution is -2.34. The van der Waals surface area contributed by atoms with Gasteiger partial charge in [-0.3, -0.25) is 0 Å². The largest absolute Gasteiger partial charge is 0.371 e. The third kappa shape index (κ3) is 6.94. The van der Waals surface area contributed by atoms with Gasteiger partial charge in [-0.25, -0.2) is 0 Å². The highest BCUT2D eigenvalue weighted by molar-refractivity contribution is 6.10. The quantitative estimate of drug-likeness (QED) is 0.158. The smallest absolute Gasteiger partial charge is 0.0542 e. The van der Waals surface area contributed by atoms with E-state index in [1.165, 1.54) is 228 Å². The molecule has 15 rings (SSSR count). The molecule has 0 N–H and O–H groups in total. The van der Waals surface area contributed by atoms with Gasteiger partial charge in [0.15, 0.2) is 0 Å². The molecule has 0 saturated carbocycles. The van der Waals surface area contributed by atoms with Crippen molar-refractivity contribution in [2.75, 3.05) is 58.9 Å². The lowest BCUT2D eigenvalue weighted by molar-refractivity contribution is 0.634. The molecule has 350 valence electrons. The fourth-order valence-electron chi connectivity index (χ4n) is 14.1. The Bertz CT molecular complexity index is 3350. The highest BCUT2D eigenvalue weighted by Gasteiger charge is 2.28. The summed E-state index contributed by atoms with van der Waals surface area (Å²) in [6, 6.07) is 59.2. The maximum Gasteiger partial charge on any atom is 0.0542 e. The van der Waals surface area contributed by atoms with E-state index in [9.17, 15) is 0 Å². The highest BCUT2D eigenvalue weighted by Crippen LogP contribution is 2.45. The Hall–Kier alpha value is -7.24. The Morgan fingerprint density at radius 3 is 1.06 bits per heavy atom. The molecule has 0 fully saturated rings. The monoisotopic (exact) mass is 923 g/mol. The van der Waals surface area contributed by atoms with E-state index in [0.717, 1.165) is 17.1 Å². The van der Waals surface area contributed by atoms with Crippen molar-refractivity contribution in [3.05, 3.63) is 185 Å². The normalized spacial score (nSPS) is 16.8. The lowest BCUT2D eigenvalue weighted by Gasteiger charge is -2.37. The minimum atomic E-state index is 1.16. The van der Waals surface area contributed by atoms with E-state index < -0.39 is 0 Å². The zero-order chi connectivity index (χ0) is 46.6. The van der Waals surface area contributed by atoms with Crippen molar-refractivity contribution >= 4 is 55.9 Å². The molecular formula is C66H61N5. The van der Waals surface area contributed by atoms with E-state index >= 15 is 0 Å². The Balaban J connectivity index is 0.818. The summed E-state index contributed by atoms with van der Waals surface area (Å²) in [6.07, 6.45) is 14.6. The van der Waals surface area contributed by atoms with Crippen LogP contribution in [0.25, 0.3) is 60.9 Å². The second-order valence-corrected chi connectivity index (χ2v) is 21.5. The van der Waals surface area contributed by atoms with Crippen LogP contribution in [0.15, 0.2) is 152 Å². The van der Waals surface area contributed by atoms with E-state index in [0.29, 0.717) is 0 Å². The Kier molecular flexibility index (Phi) is 9.76. The first-order valence-corrected chi connectivity index (χ1v) is 27.0. The maximum absolute atomic E-state index is 2.65. The van der Waals surface area contributed by atoms with Crippen LogP contribution in [-0.4, -0.2) is 43.8 Å². The van der Waals surface area contributed by atoms with Gasteiger partial charge >= 0.3 is 0 Å². The summed E-state index contributed by atoms with van der Waals surface area (Å²) >= 11 is 0. The average molecular weight is 924 g/mol. The third-order valence-corrected chi connectivity index (χ3v) is 17.3. The third-order valence-electron chi connectivity index (χ3n) is 17.3. The SMILES string of the molecule is c1ccc2c(c1)c1cc(N(c3ccc(-c4cc5c6c(c4)CCCN6CCC5)cc3)c3ccc(-c4cc5c6c(c4)CCCN6CCC5)cc3)ccc1n2-c1ccc(-c2cc3c4c(c2)CCCN4CCC3)cc1. The molecule has 0 atom stereocenters. The molecule has 0 aliphatic carbocycles. The number of aryl methyl sites for hydroxylation is 6.